The highest BCUT2D eigenvalue weighted by Gasteiger charge is 2.50. The van der Waals surface area contributed by atoms with Crippen molar-refractivity contribution in [2.45, 2.75) is 18.3 Å². The molecule has 1 nitrogen and oxygen atoms in total. The summed E-state index contributed by atoms with van der Waals surface area (Å²) < 4.78 is 13.4. The first-order chi connectivity index (χ1) is 7.22. The van der Waals surface area contributed by atoms with Gasteiger partial charge in [0.1, 0.15) is 5.82 Å². The second-order valence-corrected chi connectivity index (χ2v) is 5.06. The number of nitrogens with one attached hydrogen (secondary N) is 1. The van der Waals surface area contributed by atoms with Crippen LogP contribution < -0.4 is 5.32 Å². The summed E-state index contributed by atoms with van der Waals surface area (Å²) in [5.41, 5.74) is 1.32. The van der Waals surface area contributed by atoms with Gasteiger partial charge in [-0.05, 0) is 43.0 Å². The molecular weight excluding hydrogens is 213 g/mol. The fraction of sp³-hybridized carbons (Fsp3) is 0.500. The summed E-state index contributed by atoms with van der Waals surface area (Å²) in [7, 11) is 0. The number of halogens is 2. The predicted molar refractivity (Wildman–Crippen MR) is 58.7 cm³/mol. The third-order valence-corrected chi connectivity index (χ3v) is 4.35. The van der Waals surface area contributed by atoms with E-state index in [1.165, 1.54) is 12.8 Å². The molecule has 3 rings (SSSR count). The smallest absolute Gasteiger partial charge is 0.142 e. The Balaban J connectivity index is 2.02. The molecule has 1 aromatic rings. The molecule has 15 heavy (non-hydrogen) atoms. The number of hydrogen-bond acceptors (Lipinski definition) is 1. The Hall–Kier alpha value is -0.600. The minimum absolute atomic E-state index is 0.200. The highest BCUT2D eigenvalue weighted by molar-refractivity contribution is 6.30. The van der Waals surface area contributed by atoms with Crippen molar-refractivity contribution in [1.29, 1.82) is 0 Å². The van der Waals surface area contributed by atoms with Gasteiger partial charge in [-0.15, -0.1) is 0 Å². The zero-order valence-electron chi connectivity index (χ0n) is 8.39. The molecule has 80 valence electrons. The van der Waals surface area contributed by atoms with Crippen LogP contribution in [-0.2, 0) is 5.41 Å². The fourth-order valence-corrected chi connectivity index (χ4v) is 3.10. The number of benzene rings is 1. The monoisotopic (exact) mass is 225 g/mol. The fourth-order valence-electron chi connectivity index (χ4n) is 2.98. The molecule has 1 N–H and O–H groups in total. The second kappa shape index (κ2) is 3.19. The summed E-state index contributed by atoms with van der Waals surface area (Å²) in [5, 5.41) is 3.62. The number of fused-ring (bicyclic) bond motifs is 1. The molecule has 0 bridgehead atoms. The number of hydrogen-bond donors (Lipinski definition) is 1. The third-order valence-electron chi connectivity index (χ3n) is 4.05. The van der Waals surface area contributed by atoms with Crippen molar-refractivity contribution < 1.29 is 4.39 Å². The zero-order chi connectivity index (χ0) is 10.5. The lowest BCUT2D eigenvalue weighted by Crippen LogP contribution is -2.43. The molecular formula is C12H13ClFN. The predicted octanol–water partition coefficient (Wildman–Crippen LogP) is 2.73. The van der Waals surface area contributed by atoms with Crippen LogP contribution >= 0.6 is 11.6 Å². The van der Waals surface area contributed by atoms with Gasteiger partial charge in [0.25, 0.3) is 0 Å². The molecule has 0 spiro atoms. The van der Waals surface area contributed by atoms with Crippen LogP contribution in [0.1, 0.15) is 18.4 Å². The van der Waals surface area contributed by atoms with Gasteiger partial charge in [0, 0.05) is 12.0 Å². The quantitative estimate of drug-likeness (QED) is 0.775. The molecule has 1 saturated heterocycles. The Labute approximate surface area is 93.6 Å². The molecule has 3 heteroatoms. The van der Waals surface area contributed by atoms with Gasteiger partial charge in [-0.25, -0.2) is 4.39 Å². The van der Waals surface area contributed by atoms with Crippen LogP contribution in [0.3, 0.4) is 0 Å². The second-order valence-electron chi connectivity index (χ2n) is 4.65. The van der Waals surface area contributed by atoms with Crippen LogP contribution in [0.2, 0.25) is 5.02 Å². The summed E-state index contributed by atoms with van der Waals surface area (Å²) >= 11 is 5.70. The van der Waals surface area contributed by atoms with Crippen molar-refractivity contribution in [1.82, 2.24) is 5.32 Å². The van der Waals surface area contributed by atoms with Gasteiger partial charge in [0.05, 0.1) is 5.02 Å². The van der Waals surface area contributed by atoms with E-state index in [1.54, 1.807) is 12.1 Å². The lowest BCUT2D eigenvalue weighted by molar-refractivity contribution is 0.182. The van der Waals surface area contributed by atoms with E-state index in [2.05, 4.69) is 5.32 Å². The van der Waals surface area contributed by atoms with Gasteiger partial charge in [-0.2, -0.15) is 0 Å². The van der Waals surface area contributed by atoms with E-state index < -0.39 is 0 Å². The van der Waals surface area contributed by atoms with Crippen molar-refractivity contribution >= 4 is 11.6 Å². The maximum atomic E-state index is 13.4. The highest BCUT2D eigenvalue weighted by Crippen LogP contribution is 2.51. The molecule has 1 saturated carbocycles. The zero-order valence-corrected chi connectivity index (χ0v) is 9.15. The summed E-state index contributed by atoms with van der Waals surface area (Å²) in [6.07, 6.45) is 2.43. The Morgan fingerprint density at radius 3 is 2.93 bits per heavy atom. The molecule has 2 atom stereocenters. The van der Waals surface area contributed by atoms with E-state index in [-0.39, 0.29) is 16.3 Å². The van der Waals surface area contributed by atoms with Crippen LogP contribution in [0.5, 0.6) is 0 Å². The van der Waals surface area contributed by atoms with E-state index >= 15 is 0 Å². The Morgan fingerprint density at radius 1 is 1.47 bits per heavy atom. The topological polar surface area (TPSA) is 12.0 Å². The lowest BCUT2D eigenvalue weighted by Gasteiger charge is -2.44. The van der Waals surface area contributed by atoms with Gasteiger partial charge < -0.3 is 5.32 Å². The van der Waals surface area contributed by atoms with Crippen molar-refractivity contribution in [3.8, 4) is 0 Å². The van der Waals surface area contributed by atoms with Crippen LogP contribution in [0.25, 0.3) is 0 Å². The van der Waals surface area contributed by atoms with E-state index in [4.69, 9.17) is 11.6 Å². The van der Waals surface area contributed by atoms with Gasteiger partial charge in [-0.3, -0.25) is 0 Å². The van der Waals surface area contributed by atoms with E-state index in [0.717, 1.165) is 18.7 Å². The van der Waals surface area contributed by atoms with Crippen molar-refractivity contribution in [3.05, 3.63) is 34.6 Å². The first kappa shape index (κ1) is 9.61. The minimum atomic E-state index is -0.291. The standard InChI is InChI=1S/C12H13ClFN/c13-10-2-1-8(5-11(10)14)12-4-3-9(12)6-15-7-12/h1-2,5,9,15H,3-4,6-7H2/t9-,12-/m0/s1. The summed E-state index contributed by atoms with van der Waals surface area (Å²) in [4.78, 5) is 0. The van der Waals surface area contributed by atoms with Crippen LogP contribution in [0.4, 0.5) is 4.39 Å². The molecule has 1 aliphatic heterocycles. The molecule has 1 heterocycles. The van der Waals surface area contributed by atoms with Crippen molar-refractivity contribution in [2.24, 2.45) is 5.92 Å². The Morgan fingerprint density at radius 2 is 2.33 bits per heavy atom. The SMILES string of the molecule is Fc1cc([C@@]23CC[C@H]2CNC3)ccc1Cl. The summed E-state index contributed by atoms with van der Waals surface area (Å²) in [6, 6.07) is 5.26. The van der Waals surface area contributed by atoms with Crippen LogP contribution in [0, 0.1) is 11.7 Å². The van der Waals surface area contributed by atoms with Crippen LogP contribution in [-0.4, -0.2) is 13.1 Å². The maximum absolute atomic E-state index is 13.4. The van der Waals surface area contributed by atoms with E-state index in [0.29, 0.717) is 5.92 Å². The maximum Gasteiger partial charge on any atom is 0.142 e. The van der Waals surface area contributed by atoms with Gasteiger partial charge >= 0.3 is 0 Å². The highest BCUT2D eigenvalue weighted by atomic mass is 35.5. The molecule has 2 aliphatic rings. The summed E-state index contributed by atoms with van der Waals surface area (Å²) in [6.45, 7) is 2.06. The van der Waals surface area contributed by atoms with E-state index in [9.17, 15) is 4.39 Å². The average Bonchev–Trinajstić information content (AvgIpc) is 2.48. The lowest BCUT2D eigenvalue weighted by atomic mass is 9.59. The molecule has 0 aromatic heterocycles. The first-order valence-corrected chi connectivity index (χ1v) is 5.76. The Bertz CT molecular complexity index is 407. The normalized spacial score (nSPS) is 33.6. The van der Waals surface area contributed by atoms with Crippen LogP contribution in [0.15, 0.2) is 18.2 Å². The molecule has 2 fully saturated rings. The largest absolute Gasteiger partial charge is 0.316 e. The number of rotatable bonds is 1. The molecule has 1 aliphatic carbocycles. The Kier molecular flexibility index (Phi) is 2.05. The van der Waals surface area contributed by atoms with Gasteiger partial charge in [0.15, 0.2) is 0 Å². The molecule has 0 radical (unpaired) electrons. The molecule has 1 aromatic carbocycles. The molecule has 0 amide bonds. The first-order valence-electron chi connectivity index (χ1n) is 5.39. The van der Waals surface area contributed by atoms with Gasteiger partial charge in [-0.1, -0.05) is 17.7 Å². The van der Waals surface area contributed by atoms with Gasteiger partial charge in [0.2, 0.25) is 0 Å². The third kappa shape index (κ3) is 1.25. The average molecular weight is 226 g/mol. The molecule has 0 unspecified atom stereocenters. The van der Waals surface area contributed by atoms with Crippen molar-refractivity contribution in [2.75, 3.05) is 13.1 Å². The van der Waals surface area contributed by atoms with E-state index in [1.807, 2.05) is 6.07 Å². The minimum Gasteiger partial charge on any atom is -0.316 e. The van der Waals surface area contributed by atoms with Crippen molar-refractivity contribution in [3.63, 3.8) is 0 Å². The summed E-state index contributed by atoms with van der Waals surface area (Å²) in [5.74, 6) is 0.402.